The minimum atomic E-state index is -0.368. The molecule has 0 amide bonds. The summed E-state index contributed by atoms with van der Waals surface area (Å²) >= 11 is 11.6. The highest BCUT2D eigenvalue weighted by Crippen LogP contribution is 2.21. The average Bonchev–Trinajstić information content (AvgIpc) is 2.03. The molecular formula is C8H10Cl2N2O. The second-order valence-electron chi connectivity index (χ2n) is 2.82. The molecule has 3 nitrogen and oxygen atoms in total. The van der Waals surface area contributed by atoms with Gasteiger partial charge in [0.15, 0.2) is 0 Å². The normalized spacial score (nSPS) is 12.9. The minimum Gasteiger partial charge on any atom is -0.393 e. The maximum absolute atomic E-state index is 9.07. The van der Waals surface area contributed by atoms with Gasteiger partial charge in [-0.1, -0.05) is 23.2 Å². The molecule has 1 atom stereocenters. The number of aliphatic hydroxyl groups excluding tert-OH is 1. The second-order valence-corrected chi connectivity index (χ2v) is 3.54. The van der Waals surface area contributed by atoms with Crippen LogP contribution in [0.2, 0.25) is 10.3 Å². The summed E-state index contributed by atoms with van der Waals surface area (Å²) in [5, 5.41) is 9.79. The molecule has 72 valence electrons. The summed E-state index contributed by atoms with van der Waals surface area (Å²) in [5.41, 5.74) is 0.701. The molecular weight excluding hydrogens is 211 g/mol. The summed E-state index contributed by atoms with van der Waals surface area (Å²) in [6.07, 6.45) is 2.15. The Hall–Kier alpha value is -0.380. The molecule has 5 heteroatoms. The van der Waals surface area contributed by atoms with Crippen LogP contribution in [0.15, 0.2) is 6.33 Å². The van der Waals surface area contributed by atoms with Gasteiger partial charge in [-0.2, -0.15) is 0 Å². The predicted molar refractivity (Wildman–Crippen MR) is 52.1 cm³/mol. The first-order valence-electron chi connectivity index (χ1n) is 3.94. The number of hydrogen-bond acceptors (Lipinski definition) is 3. The van der Waals surface area contributed by atoms with Crippen molar-refractivity contribution in [2.24, 2.45) is 0 Å². The van der Waals surface area contributed by atoms with Crippen LogP contribution in [0.5, 0.6) is 0 Å². The molecule has 1 rings (SSSR count). The van der Waals surface area contributed by atoms with E-state index in [1.54, 1.807) is 6.92 Å². The van der Waals surface area contributed by atoms with E-state index in [4.69, 9.17) is 28.3 Å². The lowest BCUT2D eigenvalue weighted by molar-refractivity contribution is 0.185. The molecule has 0 fully saturated rings. The Kier molecular flexibility index (Phi) is 3.90. The zero-order chi connectivity index (χ0) is 9.84. The van der Waals surface area contributed by atoms with Gasteiger partial charge in [0.2, 0.25) is 0 Å². The predicted octanol–water partition coefficient (Wildman–Crippen LogP) is 2.10. The fraction of sp³-hybridized carbons (Fsp3) is 0.500. The zero-order valence-corrected chi connectivity index (χ0v) is 8.68. The molecule has 0 unspecified atom stereocenters. The Labute approximate surface area is 86.7 Å². The quantitative estimate of drug-likeness (QED) is 0.795. The molecule has 0 radical (unpaired) electrons. The molecule has 0 aliphatic rings. The van der Waals surface area contributed by atoms with E-state index in [9.17, 15) is 0 Å². The Morgan fingerprint density at radius 3 is 2.38 bits per heavy atom. The van der Waals surface area contributed by atoms with Crippen molar-refractivity contribution in [2.45, 2.75) is 25.9 Å². The lowest BCUT2D eigenvalue weighted by Crippen LogP contribution is -2.03. The van der Waals surface area contributed by atoms with E-state index in [2.05, 4.69) is 9.97 Å². The lowest BCUT2D eigenvalue weighted by Gasteiger charge is -2.06. The van der Waals surface area contributed by atoms with E-state index >= 15 is 0 Å². The summed E-state index contributed by atoms with van der Waals surface area (Å²) in [5.74, 6) is 0. The van der Waals surface area contributed by atoms with Crippen LogP contribution in [0.25, 0.3) is 0 Å². The molecule has 0 bridgehead atoms. The summed E-state index contributed by atoms with van der Waals surface area (Å²) in [4.78, 5) is 7.61. The van der Waals surface area contributed by atoms with Gasteiger partial charge in [-0.05, 0) is 19.8 Å². The third kappa shape index (κ3) is 3.10. The third-order valence-corrected chi connectivity index (χ3v) is 2.30. The van der Waals surface area contributed by atoms with Gasteiger partial charge in [-0.15, -0.1) is 0 Å². The fourth-order valence-electron chi connectivity index (χ4n) is 0.931. The first kappa shape index (κ1) is 10.7. The molecule has 1 N–H and O–H groups in total. The lowest BCUT2D eigenvalue weighted by atomic mass is 10.1. The first-order chi connectivity index (χ1) is 6.11. The van der Waals surface area contributed by atoms with Gasteiger partial charge in [0.05, 0.1) is 6.10 Å². The van der Waals surface area contributed by atoms with Crippen molar-refractivity contribution in [1.29, 1.82) is 0 Å². The number of rotatable bonds is 3. The maximum Gasteiger partial charge on any atom is 0.137 e. The van der Waals surface area contributed by atoms with Crippen LogP contribution in [0.4, 0.5) is 0 Å². The van der Waals surface area contributed by atoms with E-state index in [1.807, 2.05) is 0 Å². The number of hydrogen-bond donors (Lipinski definition) is 1. The highest BCUT2D eigenvalue weighted by atomic mass is 35.5. The molecule has 13 heavy (non-hydrogen) atoms. The van der Waals surface area contributed by atoms with Crippen LogP contribution in [-0.4, -0.2) is 21.2 Å². The number of aromatic nitrogens is 2. The molecule has 0 aromatic carbocycles. The number of aliphatic hydroxyl groups is 1. The van der Waals surface area contributed by atoms with Crippen molar-refractivity contribution in [3.05, 3.63) is 22.2 Å². The summed E-state index contributed by atoms with van der Waals surface area (Å²) in [7, 11) is 0. The maximum atomic E-state index is 9.07. The second kappa shape index (κ2) is 4.74. The molecule has 1 aromatic rings. The minimum absolute atomic E-state index is 0.362. The van der Waals surface area contributed by atoms with Crippen molar-refractivity contribution in [2.75, 3.05) is 0 Å². The highest BCUT2D eigenvalue weighted by Gasteiger charge is 2.08. The van der Waals surface area contributed by atoms with Crippen LogP contribution in [0.1, 0.15) is 18.9 Å². The topological polar surface area (TPSA) is 46.0 Å². The molecule has 0 spiro atoms. The Bertz CT molecular complexity index is 271. The molecule has 0 saturated heterocycles. The van der Waals surface area contributed by atoms with Gasteiger partial charge in [0, 0.05) is 5.56 Å². The first-order valence-corrected chi connectivity index (χ1v) is 4.69. The molecule has 0 aliphatic carbocycles. The van der Waals surface area contributed by atoms with Gasteiger partial charge in [-0.3, -0.25) is 0 Å². The number of halogens is 2. The van der Waals surface area contributed by atoms with Crippen molar-refractivity contribution in [3.8, 4) is 0 Å². The van der Waals surface area contributed by atoms with Crippen LogP contribution < -0.4 is 0 Å². The fourth-order valence-corrected chi connectivity index (χ4v) is 1.43. The van der Waals surface area contributed by atoms with Gasteiger partial charge in [0.25, 0.3) is 0 Å². The summed E-state index contributed by atoms with van der Waals surface area (Å²) < 4.78 is 0. The van der Waals surface area contributed by atoms with Crippen LogP contribution in [0.3, 0.4) is 0 Å². The smallest absolute Gasteiger partial charge is 0.137 e. The van der Waals surface area contributed by atoms with Gasteiger partial charge >= 0.3 is 0 Å². The zero-order valence-electron chi connectivity index (χ0n) is 7.17. The van der Waals surface area contributed by atoms with Crippen molar-refractivity contribution in [1.82, 2.24) is 9.97 Å². The molecule has 1 aromatic heterocycles. The van der Waals surface area contributed by atoms with Crippen molar-refractivity contribution >= 4 is 23.2 Å². The largest absolute Gasteiger partial charge is 0.393 e. The third-order valence-electron chi connectivity index (χ3n) is 1.65. The Balaban J connectivity index is 2.75. The van der Waals surface area contributed by atoms with E-state index in [-0.39, 0.29) is 6.10 Å². The van der Waals surface area contributed by atoms with E-state index in [0.717, 1.165) is 0 Å². The monoisotopic (exact) mass is 220 g/mol. The highest BCUT2D eigenvalue weighted by molar-refractivity contribution is 6.34. The summed E-state index contributed by atoms with van der Waals surface area (Å²) in [6, 6.07) is 0. The van der Waals surface area contributed by atoms with E-state index in [0.29, 0.717) is 28.7 Å². The SMILES string of the molecule is C[C@@H](O)CCc1c(Cl)ncnc1Cl. The molecule has 0 saturated carbocycles. The van der Waals surface area contributed by atoms with Crippen molar-refractivity contribution in [3.63, 3.8) is 0 Å². The van der Waals surface area contributed by atoms with Gasteiger partial charge < -0.3 is 5.11 Å². The molecule has 1 heterocycles. The molecule has 0 aliphatic heterocycles. The van der Waals surface area contributed by atoms with Gasteiger partial charge in [-0.25, -0.2) is 9.97 Å². The van der Waals surface area contributed by atoms with E-state index in [1.165, 1.54) is 6.33 Å². The van der Waals surface area contributed by atoms with Crippen LogP contribution in [0, 0.1) is 0 Å². The van der Waals surface area contributed by atoms with Crippen LogP contribution in [-0.2, 0) is 6.42 Å². The Morgan fingerprint density at radius 1 is 1.38 bits per heavy atom. The summed E-state index contributed by atoms with van der Waals surface area (Å²) in [6.45, 7) is 1.71. The standard InChI is InChI=1S/C8H10Cl2N2O/c1-5(13)2-3-6-7(9)11-4-12-8(6)10/h4-5,13H,2-3H2,1H3/t5-/m1/s1. The van der Waals surface area contributed by atoms with E-state index < -0.39 is 0 Å². The Morgan fingerprint density at radius 2 is 1.92 bits per heavy atom. The average molecular weight is 221 g/mol. The van der Waals surface area contributed by atoms with Gasteiger partial charge in [0.1, 0.15) is 16.6 Å². The van der Waals surface area contributed by atoms with Crippen LogP contribution >= 0.6 is 23.2 Å². The van der Waals surface area contributed by atoms with Crippen molar-refractivity contribution < 1.29 is 5.11 Å². The number of nitrogens with zero attached hydrogens (tertiary/aromatic N) is 2.